The molecule has 11 nitrogen and oxygen atoms in total. The van der Waals surface area contributed by atoms with Gasteiger partial charge in [0.1, 0.15) is 23.8 Å². The van der Waals surface area contributed by atoms with Crippen molar-refractivity contribution in [3.05, 3.63) is 42.2 Å². The van der Waals surface area contributed by atoms with Crippen LogP contribution in [-0.4, -0.2) is 60.0 Å². The zero-order chi connectivity index (χ0) is 24.6. The Morgan fingerprint density at radius 2 is 2.18 bits per heavy atom. The van der Waals surface area contributed by atoms with E-state index in [1.54, 1.807) is 30.0 Å². The second-order valence-electron chi connectivity index (χ2n) is 8.29. The third kappa shape index (κ3) is 4.76. The average molecular weight is 490 g/mol. The highest BCUT2D eigenvalue weighted by molar-refractivity contribution is 7.84. The SMILES string of the molecule is C=Nc1cc(-c2coc3ccc(C)cc23)nn1/C(=C\C)N[C@@H]1CC(COS(N)(=O)=O)[C@@H](O)[C@H]1O. The van der Waals surface area contributed by atoms with Gasteiger partial charge in [0, 0.05) is 22.9 Å². The minimum Gasteiger partial charge on any atom is -0.464 e. The summed E-state index contributed by atoms with van der Waals surface area (Å²) in [5, 5.41) is 34.5. The summed E-state index contributed by atoms with van der Waals surface area (Å²) in [5.41, 5.74) is 3.25. The Balaban J connectivity index is 1.59. The standard InChI is InChI=1S/C22H27N5O6S/c1-4-19(25-17-8-13(21(28)22(17)29)10-33-34(23,30)31)27-20(24-3)9-16(26-27)15-11-32-18-6-5-12(2)7-14(15)18/h4-7,9,11,13,17,21-22,25,28-29H,3,8,10H2,1-2H3,(H2,23,30,31)/b19-4-/t13?,17-,21-,22+/m1/s1. The summed E-state index contributed by atoms with van der Waals surface area (Å²) in [6.45, 7) is 7.08. The topological polar surface area (TPSA) is 165 Å². The Bertz CT molecular complexity index is 1350. The third-order valence-corrected chi connectivity index (χ3v) is 6.41. The zero-order valence-corrected chi connectivity index (χ0v) is 19.6. The largest absolute Gasteiger partial charge is 0.464 e. The van der Waals surface area contributed by atoms with Crippen molar-refractivity contribution in [3.63, 3.8) is 0 Å². The molecule has 1 aliphatic rings. The lowest BCUT2D eigenvalue weighted by atomic mass is 10.1. The monoisotopic (exact) mass is 489 g/mol. The van der Waals surface area contributed by atoms with Crippen molar-refractivity contribution >= 4 is 39.6 Å². The number of benzene rings is 1. The maximum Gasteiger partial charge on any atom is 0.333 e. The second kappa shape index (κ2) is 9.31. The fraction of sp³-hybridized carbons (Fsp3) is 0.364. The van der Waals surface area contributed by atoms with Gasteiger partial charge in [-0.2, -0.15) is 18.2 Å². The van der Waals surface area contributed by atoms with Crippen LogP contribution in [0.4, 0.5) is 5.82 Å². The van der Waals surface area contributed by atoms with Crippen LogP contribution in [0.25, 0.3) is 28.0 Å². The van der Waals surface area contributed by atoms with Crippen LogP contribution < -0.4 is 10.5 Å². The summed E-state index contributed by atoms with van der Waals surface area (Å²) in [7, 11) is -4.15. The third-order valence-electron chi connectivity index (χ3n) is 5.94. The van der Waals surface area contributed by atoms with Gasteiger partial charge in [-0.25, -0.2) is 10.1 Å². The van der Waals surface area contributed by atoms with Crippen LogP contribution in [0.1, 0.15) is 18.9 Å². The van der Waals surface area contributed by atoms with Crippen molar-refractivity contribution < 1.29 is 27.2 Å². The maximum atomic E-state index is 11.1. The summed E-state index contributed by atoms with van der Waals surface area (Å²) in [6, 6.07) is 7.06. The van der Waals surface area contributed by atoms with Crippen molar-refractivity contribution in [2.24, 2.45) is 16.0 Å². The molecule has 2 aromatic heterocycles. The number of aryl methyl sites for hydroxylation is 1. The minimum absolute atomic E-state index is 0.242. The number of hydrogen-bond acceptors (Lipinski definition) is 9. The molecule has 12 heteroatoms. The number of nitrogens with one attached hydrogen (secondary N) is 1. The Morgan fingerprint density at radius 1 is 1.41 bits per heavy atom. The van der Waals surface area contributed by atoms with E-state index in [1.807, 2.05) is 25.1 Å². The minimum atomic E-state index is -4.15. The molecule has 1 saturated carbocycles. The van der Waals surface area contributed by atoms with Crippen LogP contribution in [-0.2, 0) is 14.5 Å². The van der Waals surface area contributed by atoms with Crippen molar-refractivity contribution in [1.29, 1.82) is 0 Å². The Kier molecular flexibility index (Phi) is 6.60. The Morgan fingerprint density at radius 3 is 2.85 bits per heavy atom. The fourth-order valence-corrected chi connectivity index (χ4v) is 4.57. The quantitative estimate of drug-likeness (QED) is 0.347. The lowest BCUT2D eigenvalue weighted by Crippen LogP contribution is -2.40. The number of aliphatic imine (C=N–C) groups is 1. The van der Waals surface area contributed by atoms with Gasteiger partial charge in [-0.05, 0) is 45.2 Å². The number of aliphatic hydroxyl groups excluding tert-OH is 2. The molecule has 0 radical (unpaired) electrons. The molecule has 4 rings (SSSR count). The van der Waals surface area contributed by atoms with Crippen LogP contribution in [0.3, 0.4) is 0 Å². The molecule has 0 saturated heterocycles. The van der Waals surface area contributed by atoms with Crippen LogP contribution >= 0.6 is 0 Å². The highest BCUT2D eigenvalue weighted by Crippen LogP contribution is 2.34. The van der Waals surface area contributed by atoms with E-state index >= 15 is 0 Å². The molecular formula is C22H27N5O6S. The maximum absolute atomic E-state index is 11.1. The smallest absolute Gasteiger partial charge is 0.333 e. The van der Waals surface area contributed by atoms with Gasteiger partial charge < -0.3 is 19.9 Å². The van der Waals surface area contributed by atoms with E-state index in [1.165, 1.54) is 0 Å². The van der Waals surface area contributed by atoms with E-state index < -0.39 is 34.5 Å². The number of aliphatic hydroxyl groups is 2. The predicted molar refractivity (Wildman–Crippen MR) is 127 cm³/mol. The molecule has 0 spiro atoms. The lowest BCUT2D eigenvalue weighted by molar-refractivity contribution is 0.00412. The van der Waals surface area contributed by atoms with Crippen LogP contribution in [0, 0.1) is 12.8 Å². The molecule has 3 aromatic rings. The molecule has 1 fully saturated rings. The summed E-state index contributed by atoms with van der Waals surface area (Å²) >= 11 is 0. The zero-order valence-electron chi connectivity index (χ0n) is 18.7. The number of hydrogen-bond donors (Lipinski definition) is 4. The first-order chi connectivity index (χ1) is 16.1. The molecule has 1 aliphatic carbocycles. The molecule has 5 N–H and O–H groups in total. The highest BCUT2D eigenvalue weighted by Gasteiger charge is 2.42. The van der Waals surface area contributed by atoms with Crippen LogP contribution in [0.2, 0.25) is 0 Å². The lowest BCUT2D eigenvalue weighted by Gasteiger charge is -2.21. The van der Waals surface area contributed by atoms with E-state index in [0.717, 1.165) is 22.1 Å². The number of nitrogens with zero attached hydrogens (tertiary/aromatic N) is 3. The number of aromatic nitrogens is 2. The van der Waals surface area contributed by atoms with Gasteiger partial charge in [-0.1, -0.05) is 11.6 Å². The molecule has 0 amide bonds. The number of fused-ring (bicyclic) bond motifs is 1. The first-order valence-electron chi connectivity index (χ1n) is 10.6. The molecule has 1 aromatic carbocycles. The average Bonchev–Trinajstić information content (AvgIpc) is 3.47. The number of nitrogens with two attached hydrogens (primary N) is 1. The van der Waals surface area contributed by atoms with E-state index in [2.05, 4.69) is 26.3 Å². The van der Waals surface area contributed by atoms with Crippen molar-refractivity contribution in [2.75, 3.05) is 6.61 Å². The van der Waals surface area contributed by atoms with Gasteiger partial charge >= 0.3 is 10.3 Å². The second-order valence-corrected chi connectivity index (χ2v) is 9.51. The van der Waals surface area contributed by atoms with Gasteiger partial charge in [0.05, 0.1) is 24.4 Å². The van der Waals surface area contributed by atoms with Gasteiger partial charge in [-0.3, -0.25) is 4.18 Å². The Hall–Kier alpha value is -3.03. The predicted octanol–water partition coefficient (Wildman–Crippen LogP) is 1.68. The molecule has 2 heterocycles. The summed E-state index contributed by atoms with van der Waals surface area (Å²) in [6.07, 6.45) is 1.27. The molecule has 1 unspecified atom stereocenters. The fourth-order valence-electron chi connectivity index (χ4n) is 4.21. The molecule has 4 atom stereocenters. The summed E-state index contributed by atoms with van der Waals surface area (Å²) < 4.78 is 34.0. The van der Waals surface area contributed by atoms with Gasteiger partial charge in [0.15, 0.2) is 5.82 Å². The van der Waals surface area contributed by atoms with Gasteiger partial charge in [0.2, 0.25) is 0 Å². The Labute approximate surface area is 196 Å². The van der Waals surface area contributed by atoms with Gasteiger partial charge in [0.25, 0.3) is 0 Å². The first-order valence-corrected chi connectivity index (χ1v) is 12.1. The first kappa shape index (κ1) is 24.1. The van der Waals surface area contributed by atoms with E-state index in [9.17, 15) is 18.6 Å². The number of furan rings is 1. The van der Waals surface area contributed by atoms with Gasteiger partial charge in [-0.15, -0.1) is 0 Å². The number of allylic oxidation sites excluding steroid dienone is 1. The molecule has 182 valence electrons. The highest BCUT2D eigenvalue weighted by atomic mass is 32.2. The summed E-state index contributed by atoms with van der Waals surface area (Å²) in [5.74, 6) is 0.330. The van der Waals surface area contributed by atoms with E-state index in [4.69, 9.17) is 9.56 Å². The van der Waals surface area contributed by atoms with E-state index in [0.29, 0.717) is 17.3 Å². The van der Waals surface area contributed by atoms with Crippen LogP contribution in [0.15, 0.2) is 46.0 Å². The molecule has 0 bridgehead atoms. The van der Waals surface area contributed by atoms with Crippen molar-refractivity contribution in [1.82, 2.24) is 15.1 Å². The normalized spacial score (nSPS) is 23.5. The summed E-state index contributed by atoms with van der Waals surface area (Å²) in [4.78, 5) is 4.07. The number of rotatable bonds is 8. The van der Waals surface area contributed by atoms with Crippen molar-refractivity contribution in [2.45, 2.75) is 38.5 Å². The van der Waals surface area contributed by atoms with Crippen LogP contribution in [0.5, 0.6) is 0 Å². The molecular weight excluding hydrogens is 462 g/mol. The van der Waals surface area contributed by atoms with E-state index in [-0.39, 0.29) is 13.0 Å². The van der Waals surface area contributed by atoms with Crippen molar-refractivity contribution in [3.8, 4) is 11.3 Å². The molecule has 34 heavy (non-hydrogen) atoms. The molecule has 0 aliphatic heterocycles.